The number of aromatic carboxylic acids is 1. The predicted octanol–water partition coefficient (Wildman–Crippen LogP) is 3.24. The average molecular weight is 270 g/mol. The molecule has 0 atom stereocenters. The lowest BCUT2D eigenvalue weighted by atomic mass is 10.2. The number of carbonyl (C=O) groups is 1. The third kappa shape index (κ3) is 4.74. The highest BCUT2D eigenvalue weighted by Crippen LogP contribution is 2.14. The van der Waals surface area contributed by atoms with Crippen LogP contribution in [0.15, 0.2) is 5.38 Å². The number of rotatable bonds is 8. The summed E-state index contributed by atoms with van der Waals surface area (Å²) in [4.78, 5) is 17.3. The van der Waals surface area contributed by atoms with E-state index >= 15 is 0 Å². The minimum absolute atomic E-state index is 0.183. The van der Waals surface area contributed by atoms with Crippen molar-refractivity contribution in [1.82, 2.24) is 9.88 Å². The monoisotopic (exact) mass is 270 g/mol. The van der Waals surface area contributed by atoms with Crippen LogP contribution in [0.3, 0.4) is 0 Å². The van der Waals surface area contributed by atoms with Gasteiger partial charge in [0.15, 0.2) is 0 Å². The number of carboxylic acids is 1. The van der Waals surface area contributed by atoms with Gasteiger partial charge in [-0.1, -0.05) is 19.8 Å². The molecule has 0 amide bonds. The van der Waals surface area contributed by atoms with Crippen molar-refractivity contribution >= 4 is 17.3 Å². The molecule has 0 aliphatic heterocycles. The first-order valence-electron chi connectivity index (χ1n) is 6.46. The predicted molar refractivity (Wildman–Crippen MR) is 74.1 cm³/mol. The topological polar surface area (TPSA) is 53.4 Å². The van der Waals surface area contributed by atoms with Crippen LogP contribution < -0.4 is 0 Å². The summed E-state index contributed by atoms with van der Waals surface area (Å²) in [7, 11) is 0. The molecule has 0 saturated carbocycles. The molecule has 0 bridgehead atoms. The maximum atomic E-state index is 10.8. The molecule has 1 N–H and O–H groups in total. The standard InChI is InChI=1S/C13H22N2O2S/c1-4-5-6-7-15(10(2)3)8-11-9-18-12(14-11)13(16)17/h9-10H,4-8H2,1-3H3,(H,16,17). The summed E-state index contributed by atoms with van der Waals surface area (Å²) in [6.07, 6.45) is 3.64. The number of thiazole rings is 1. The van der Waals surface area contributed by atoms with Gasteiger partial charge >= 0.3 is 5.97 Å². The smallest absolute Gasteiger partial charge is 0.365 e. The lowest BCUT2D eigenvalue weighted by Gasteiger charge is -2.25. The molecular formula is C13H22N2O2S. The molecule has 1 aromatic rings. The highest BCUT2D eigenvalue weighted by atomic mass is 32.1. The van der Waals surface area contributed by atoms with Gasteiger partial charge in [-0.2, -0.15) is 0 Å². The van der Waals surface area contributed by atoms with Crippen LogP contribution in [0.2, 0.25) is 0 Å². The molecule has 0 saturated heterocycles. The number of unbranched alkanes of at least 4 members (excludes halogenated alkanes) is 2. The van der Waals surface area contributed by atoms with Gasteiger partial charge in [-0.15, -0.1) is 11.3 Å². The van der Waals surface area contributed by atoms with Gasteiger partial charge in [-0.05, 0) is 26.8 Å². The molecule has 18 heavy (non-hydrogen) atoms. The van der Waals surface area contributed by atoms with E-state index in [0.717, 1.165) is 18.8 Å². The second kappa shape index (κ2) is 7.48. The van der Waals surface area contributed by atoms with Gasteiger partial charge in [-0.3, -0.25) is 4.90 Å². The molecule has 0 spiro atoms. The Balaban J connectivity index is 2.56. The molecule has 1 heterocycles. The van der Waals surface area contributed by atoms with Crippen LogP contribution in [0.25, 0.3) is 0 Å². The Kier molecular flexibility index (Phi) is 6.29. The van der Waals surface area contributed by atoms with Crippen molar-refractivity contribution < 1.29 is 9.90 Å². The fourth-order valence-corrected chi connectivity index (χ4v) is 2.42. The third-order valence-electron chi connectivity index (χ3n) is 2.88. The van der Waals surface area contributed by atoms with Gasteiger partial charge < -0.3 is 5.11 Å². The molecular weight excluding hydrogens is 248 g/mol. The molecule has 0 unspecified atom stereocenters. The van der Waals surface area contributed by atoms with E-state index in [4.69, 9.17) is 5.11 Å². The first-order valence-corrected chi connectivity index (χ1v) is 7.34. The Morgan fingerprint density at radius 3 is 2.72 bits per heavy atom. The zero-order valence-electron chi connectivity index (χ0n) is 11.3. The highest BCUT2D eigenvalue weighted by molar-refractivity contribution is 7.11. The maximum Gasteiger partial charge on any atom is 0.365 e. The minimum Gasteiger partial charge on any atom is -0.476 e. The Bertz CT molecular complexity index is 377. The van der Waals surface area contributed by atoms with Crippen molar-refractivity contribution in [3.63, 3.8) is 0 Å². The van der Waals surface area contributed by atoms with Crippen molar-refractivity contribution in [2.24, 2.45) is 0 Å². The molecule has 0 aliphatic rings. The molecule has 5 heteroatoms. The van der Waals surface area contributed by atoms with Crippen molar-refractivity contribution in [2.45, 2.75) is 52.6 Å². The van der Waals surface area contributed by atoms with E-state index in [0.29, 0.717) is 6.04 Å². The van der Waals surface area contributed by atoms with Crippen molar-refractivity contribution in [2.75, 3.05) is 6.54 Å². The molecule has 4 nitrogen and oxygen atoms in total. The van der Waals surface area contributed by atoms with Gasteiger partial charge in [0.25, 0.3) is 0 Å². The summed E-state index contributed by atoms with van der Waals surface area (Å²) in [5, 5.41) is 10.9. The molecule has 1 rings (SSSR count). The molecule has 1 aromatic heterocycles. The average Bonchev–Trinajstić information content (AvgIpc) is 2.76. The molecule has 0 fully saturated rings. The van der Waals surface area contributed by atoms with Crippen molar-refractivity contribution in [3.8, 4) is 0 Å². The van der Waals surface area contributed by atoms with Gasteiger partial charge in [0, 0.05) is 18.0 Å². The first-order chi connectivity index (χ1) is 8.54. The summed E-state index contributed by atoms with van der Waals surface area (Å²) in [5.74, 6) is -0.937. The van der Waals surface area contributed by atoms with Crippen LogP contribution in [0.4, 0.5) is 0 Å². The lowest BCUT2D eigenvalue weighted by molar-refractivity contribution is 0.0696. The number of hydrogen-bond donors (Lipinski definition) is 1. The second-order valence-corrected chi connectivity index (χ2v) is 5.58. The van der Waals surface area contributed by atoms with Crippen LogP contribution >= 0.6 is 11.3 Å². The maximum absolute atomic E-state index is 10.8. The summed E-state index contributed by atoms with van der Waals surface area (Å²) in [6.45, 7) is 8.31. The van der Waals surface area contributed by atoms with Crippen LogP contribution in [0.1, 0.15) is 55.5 Å². The van der Waals surface area contributed by atoms with Gasteiger partial charge in [-0.25, -0.2) is 9.78 Å². The zero-order chi connectivity index (χ0) is 13.5. The van der Waals surface area contributed by atoms with E-state index in [1.807, 2.05) is 5.38 Å². The Morgan fingerprint density at radius 2 is 2.22 bits per heavy atom. The van der Waals surface area contributed by atoms with E-state index in [-0.39, 0.29) is 5.01 Å². The van der Waals surface area contributed by atoms with Crippen LogP contribution in [0.5, 0.6) is 0 Å². The normalized spacial score (nSPS) is 11.4. The first kappa shape index (κ1) is 15.1. The Morgan fingerprint density at radius 1 is 1.50 bits per heavy atom. The second-order valence-electron chi connectivity index (χ2n) is 4.72. The Labute approximate surface area is 113 Å². The summed E-state index contributed by atoms with van der Waals surface area (Å²) >= 11 is 1.20. The summed E-state index contributed by atoms with van der Waals surface area (Å²) in [6, 6.07) is 0.455. The van der Waals surface area contributed by atoms with E-state index in [1.54, 1.807) is 0 Å². The summed E-state index contributed by atoms with van der Waals surface area (Å²) < 4.78 is 0. The minimum atomic E-state index is -0.937. The third-order valence-corrected chi connectivity index (χ3v) is 3.76. The van der Waals surface area contributed by atoms with Crippen molar-refractivity contribution in [3.05, 3.63) is 16.1 Å². The van der Waals surface area contributed by atoms with Crippen LogP contribution in [-0.2, 0) is 6.54 Å². The largest absolute Gasteiger partial charge is 0.476 e. The fraction of sp³-hybridized carbons (Fsp3) is 0.692. The molecule has 0 aromatic carbocycles. The van der Waals surface area contributed by atoms with E-state index in [2.05, 4.69) is 30.7 Å². The SMILES string of the molecule is CCCCCN(Cc1csc(C(=O)O)n1)C(C)C. The van der Waals surface area contributed by atoms with Crippen LogP contribution in [0, 0.1) is 0 Å². The van der Waals surface area contributed by atoms with E-state index in [9.17, 15) is 4.79 Å². The quantitative estimate of drug-likeness (QED) is 0.737. The lowest BCUT2D eigenvalue weighted by Crippen LogP contribution is -2.31. The van der Waals surface area contributed by atoms with Crippen LogP contribution in [-0.4, -0.2) is 33.5 Å². The van der Waals surface area contributed by atoms with Gasteiger partial charge in [0.2, 0.25) is 5.01 Å². The highest BCUT2D eigenvalue weighted by Gasteiger charge is 2.14. The van der Waals surface area contributed by atoms with E-state index in [1.165, 1.54) is 30.6 Å². The molecule has 0 aliphatic carbocycles. The number of nitrogens with zero attached hydrogens (tertiary/aromatic N) is 2. The van der Waals surface area contributed by atoms with E-state index < -0.39 is 5.97 Å². The van der Waals surface area contributed by atoms with Crippen molar-refractivity contribution in [1.29, 1.82) is 0 Å². The number of aromatic nitrogens is 1. The zero-order valence-corrected chi connectivity index (χ0v) is 12.2. The van der Waals surface area contributed by atoms with Gasteiger partial charge in [0.1, 0.15) is 0 Å². The fourth-order valence-electron chi connectivity index (χ4n) is 1.77. The van der Waals surface area contributed by atoms with Gasteiger partial charge in [0.05, 0.1) is 5.69 Å². The molecule has 102 valence electrons. The summed E-state index contributed by atoms with van der Waals surface area (Å²) in [5.41, 5.74) is 0.864. The number of hydrogen-bond acceptors (Lipinski definition) is 4. The Hall–Kier alpha value is -0.940. The molecule has 0 radical (unpaired) electrons. The number of carboxylic acid groups (broad SMARTS) is 1.